The molecule has 128 valence electrons. The molecule has 0 amide bonds. The highest BCUT2D eigenvalue weighted by molar-refractivity contribution is 6.30. The van der Waals surface area contributed by atoms with Gasteiger partial charge in [-0.3, -0.25) is 4.90 Å². The number of benzene rings is 2. The maximum absolute atomic E-state index is 6.31. The molecular formula is C20H26ClN3. The fourth-order valence-corrected chi connectivity index (χ4v) is 3.34. The Balaban J connectivity index is 1.40. The molecule has 1 aliphatic rings. The molecule has 0 saturated carbocycles. The van der Waals surface area contributed by atoms with Gasteiger partial charge in [-0.25, -0.2) is 0 Å². The van der Waals surface area contributed by atoms with Crippen LogP contribution in [0, 0.1) is 0 Å². The van der Waals surface area contributed by atoms with E-state index in [2.05, 4.69) is 40.1 Å². The summed E-state index contributed by atoms with van der Waals surface area (Å²) in [5.74, 6) is 0. The van der Waals surface area contributed by atoms with Gasteiger partial charge in [-0.2, -0.15) is 0 Å². The highest BCUT2D eigenvalue weighted by atomic mass is 35.5. The van der Waals surface area contributed by atoms with Gasteiger partial charge in [0.25, 0.3) is 0 Å². The van der Waals surface area contributed by atoms with Crippen LogP contribution in [0.15, 0.2) is 54.6 Å². The molecule has 2 aromatic carbocycles. The molecule has 0 aromatic heterocycles. The van der Waals surface area contributed by atoms with Crippen molar-refractivity contribution in [2.45, 2.75) is 19.0 Å². The number of halogens is 1. The Kier molecular flexibility index (Phi) is 6.27. The lowest BCUT2D eigenvalue weighted by molar-refractivity contribution is 0.124. The molecule has 1 heterocycles. The van der Waals surface area contributed by atoms with Gasteiger partial charge in [-0.05, 0) is 29.7 Å². The van der Waals surface area contributed by atoms with E-state index in [0.29, 0.717) is 0 Å². The van der Waals surface area contributed by atoms with Crippen LogP contribution in [0.1, 0.15) is 23.6 Å². The molecule has 0 aliphatic carbocycles. The van der Waals surface area contributed by atoms with Crippen molar-refractivity contribution >= 4 is 11.6 Å². The number of piperazine rings is 1. The van der Waals surface area contributed by atoms with Crippen LogP contribution in [0.2, 0.25) is 5.02 Å². The van der Waals surface area contributed by atoms with Crippen LogP contribution in [0.4, 0.5) is 0 Å². The maximum atomic E-state index is 6.31. The zero-order valence-corrected chi connectivity index (χ0v) is 14.8. The summed E-state index contributed by atoms with van der Waals surface area (Å²) in [5.41, 5.74) is 8.88. The normalized spacial score (nSPS) is 17.8. The second-order valence-corrected chi connectivity index (χ2v) is 6.99. The van der Waals surface area contributed by atoms with Crippen molar-refractivity contribution in [3.8, 4) is 0 Å². The smallest absolute Gasteiger partial charge is 0.0406 e. The van der Waals surface area contributed by atoms with Gasteiger partial charge in [-0.15, -0.1) is 0 Å². The van der Waals surface area contributed by atoms with Crippen LogP contribution in [0.5, 0.6) is 0 Å². The number of hydrogen-bond donors (Lipinski definition) is 1. The van der Waals surface area contributed by atoms with E-state index < -0.39 is 0 Å². The third-order valence-corrected chi connectivity index (χ3v) is 5.02. The van der Waals surface area contributed by atoms with Crippen LogP contribution in [-0.4, -0.2) is 42.5 Å². The Morgan fingerprint density at radius 3 is 2.17 bits per heavy atom. The predicted molar refractivity (Wildman–Crippen MR) is 101 cm³/mol. The molecule has 3 rings (SSSR count). The summed E-state index contributed by atoms with van der Waals surface area (Å²) in [6.45, 7) is 6.62. The standard InChI is InChI=1S/C20H26ClN3/c21-19-8-6-18(7-9-19)20(22)10-11-23-12-14-24(15-13-23)16-17-4-2-1-3-5-17/h1-9,20H,10-16,22H2. The Hall–Kier alpha value is -1.39. The van der Waals surface area contributed by atoms with Gasteiger partial charge in [0.15, 0.2) is 0 Å². The van der Waals surface area contributed by atoms with Gasteiger partial charge in [0.1, 0.15) is 0 Å². The number of nitrogens with two attached hydrogens (primary N) is 1. The topological polar surface area (TPSA) is 32.5 Å². The summed E-state index contributed by atoms with van der Waals surface area (Å²) in [7, 11) is 0. The molecule has 0 radical (unpaired) electrons. The summed E-state index contributed by atoms with van der Waals surface area (Å²) in [5, 5.41) is 0.764. The molecule has 1 aliphatic heterocycles. The molecule has 2 N–H and O–H groups in total. The molecule has 3 nitrogen and oxygen atoms in total. The van der Waals surface area contributed by atoms with Gasteiger partial charge in [0.05, 0.1) is 0 Å². The largest absolute Gasteiger partial charge is 0.324 e. The number of rotatable bonds is 6. The van der Waals surface area contributed by atoms with E-state index in [9.17, 15) is 0 Å². The van der Waals surface area contributed by atoms with Crippen LogP contribution in [-0.2, 0) is 6.54 Å². The Bertz CT molecular complexity index is 607. The van der Waals surface area contributed by atoms with E-state index in [1.807, 2.05) is 24.3 Å². The fraction of sp³-hybridized carbons (Fsp3) is 0.400. The first-order valence-electron chi connectivity index (χ1n) is 8.70. The van der Waals surface area contributed by atoms with Crippen molar-refractivity contribution in [3.63, 3.8) is 0 Å². The van der Waals surface area contributed by atoms with E-state index in [-0.39, 0.29) is 6.04 Å². The van der Waals surface area contributed by atoms with Crippen LogP contribution in [0.25, 0.3) is 0 Å². The van der Waals surface area contributed by atoms with E-state index in [4.69, 9.17) is 17.3 Å². The minimum atomic E-state index is 0.0876. The second kappa shape index (κ2) is 8.63. The van der Waals surface area contributed by atoms with E-state index in [1.165, 1.54) is 11.1 Å². The SMILES string of the molecule is NC(CCN1CCN(Cc2ccccc2)CC1)c1ccc(Cl)cc1. The molecule has 1 fully saturated rings. The van der Waals surface area contributed by atoms with Gasteiger partial charge in [0, 0.05) is 50.3 Å². The summed E-state index contributed by atoms with van der Waals surface area (Å²) < 4.78 is 0. The van der Waals surface area contributed by atoms with Crippen molar-refractivity contribution in [1.82, 2.24) is 9.80 Å². The Labute approximate surface area is 150 Å². The van der Waals surface area contributed by atoms with Gasteiger partial charge >= 0.3 is 0 Å². The third-order valence-electron chi connectivity index (χ3n) is 4.77. The molecule has 0 spiro atoms. The molecule has 0 bridgehead atoms. The minimum absolute atomic E-state index is 0.0876. The van der Waals surface area contributed by atoms with Crippen LogP contribution < -0.4 is 5.73 Å². The summed E-state index contributed by atoms with van der Waals surface area (Å²) in [4.78, 5) is 5.06. The van der Waals surface area contributed by atoms with E-state index in [0.717, 1.165) is 50.7 Å². The van der Waals surface area contributed by atoms with Crippen molar-refractivity contribution in [2.24, 2.45) is 5.73 Å². The highest BCUT2D eigenvalue weighted by Gasteiger charge is 2.17. The zero-order valence-electron chi connectivity index (χ0n) is 14.1. The zero-order chi connectivity index (χ0) is 16.8. The Morgan fingerprint density at radius 1 is 0.875 bits per heavy atom. The average molecular weight is 344 g/mol. The van der Waals surface area contributed by atoms with Gasteiger partial charge in [0.2, 0.25) is 0 Å². The molecule has 24 heavy (non-hydrogen) atoms. The van der Waals surface area contributed by atoms with Crippen molar-refractivity contribution in [2.75, 3.05) is 32.7 Å². The highest BCUT2D eigenvalue weighted by Crippen LogP contribution is 2.18. The van der Waals surface area contributed by atoms with E-state index >= 15 is 0 Å². The lowest BCUT2D eigenvalue weighted by atomic mass is 10.0. The predicted octanol–water partition coefficient (Wildman–Crippen LogP) is 3.55. The molecular weight excluding hydrogens is 318 g/mol. The quantitative estimate of drug-likeness (QED) is 0.870. The van der Waals surface area contributed by atoms with Crippen molar-refractivity contribution in [3.05, 3.63) is 70.7 Å². The van der Waals surface area contributed by atoms with E-state index in [1.54, 1.807) is 0 Å². The third kappa shape index (κ3) is 5.05. The number of nitrogens with zero attached hydrogens (tertiary/aromatic N) is 2. The lowest BCUT2D eigenvalue weighted by Crippen LogP contribution is -2.46. The van der Waals surface area contributed by atoms with Gasteiger partial charge in [-0.1, -0.05) is 54.1 Å². The molecule has 1 atom stereocenters. The first kappa shape index (κ1) is 17.4. The monoisotopic (exact) mass is 343 g/mol. The van der Waals surface area contributed by atoms with Crippen molar-refractivity contribution in [1.29, 1.82) is 0 Å². The number of hydrogen-bond acceptors (Lipinski definition) is 3. The first-order chi connectivity index (χ1) is 11.7. The minimum Gasteiger partial charge on any atom is -0.324 e. The first-order valence-corrected chi connectivity index (χ1v) is 9.08. The van der Waals surface area contributed by atoms with Gasteiger partial charge < -0.3 is 10.6 Å². The Morgan fingerprint density at radius 2 is 1.50 bits per heavy atom. The van der Waals surface area contributed by atoms with Crippen LogP contribution >= 0.6 is 11.6 Å². The fourth-order valence-electron chi connectivity index (χ4n) is 3.21. The molecule has 1 saturated heterocycles. The molecule has 1 unspecified atom stereocenters. The van der Waals surface area contributed by atoms with Crippen molar-refractivity contribution < 1.29 is 0 Å². The summed E-state index contributed by atoms with van der Waals surface area (Å²) >= 11 is 5.93. The summed E-state index contributed by atoms with van der Waals surface area (Å²) in [6, 6.07) is 18.7. The van der Waals surface area contributed by atoms with Crippen LogP contribution in [0.3, 0.4) is 0 Å². The maximum Gasteiger partial charge on any atom is 0.0406 e. The summed E-state index contributed by atoms with van der Waals surface area (Å²) in [6.07, 6.45) is 0.986. The average Bonchev–Trinajstić information content (AvgIpc) is 2.62. The lowest BCUT2D eigenvalue weighted by Gasteiger charge is -2.35. The molecule has 4 heteroatoms. The molecule has 2 aromatic rings. The second-order valence-electron chi connectivity index (χ2n) is 6.55.